The van der Waals surface area contributed by atoms with Crippen LogP contribution in [0.1, 0.15) is 15.9 Å². The Morgan fingerprint density at radius 1 is 1.36 bits per heavy atom. The van der Waals surface area contributed by atoms with Crippen LogP contribution in [-0.2, 0) is 4.74 Å². The van der Waals surface area contributed by atoms with Crippen molar-refractivity contribution in [1.82, 2.24) is 0 Å². The number of aromatic hydroxyl groups is 1. The largest absolute Gasteiger partial charge is 0.504 e. The average molecular weight is 196 g/mol. The van der Waals surface area contributed by atoms with E-state index in [1.165, 1.54) is 20.3 Å². The third-order valence-corrected chi connectivity index (χ3v) is 2.02. The van der Waals surface area contributed by atoms with Gasteiger partial charge in [-0.05, 0) is 19.1 Å². The molecule has 0 saturated heterocycles. The Morgan fingerprint density at radius 2 is 2.00 bits per heavy atom. The van der Waals surface area contributed by atoms with Crippen LogP contribution < -0.4 is 4.74 Å². The fraction of sp³-hybridized carbons (Fsp3) is 0.300. The molecule has 0 radical (unpaired) electrons. The van der Waals surface area contributed by atoms with Crippen molar-refractivity contribution in [1.29, 1.82) is 0 Å². The van der Waals surface area contributed by atoms with Crippen molar-refractivity contribution in [2.75, 3.05) is 14.2 Å². The highest BCUT2D eigenvalue weighted by molar-refractivity contribution is 5.92. The monoisotopic (exact) mass is 196 g/mol. The molecule has 1 N–H and O–H groups in total. The Bertz CT molecular complexity index is 357. The minimum Gasteiger partial charge on any atom is -0.504 e. The molecule has 14 heavy (non-hydrogen) atoms. The standard InChI is InChI=1S/C10H12O4/c1-6-7(10(12)14-3)4-5-8(13-2)9(6)11/h4-5,11H,1-3H3. The quantitative estimate of drug-likeness (QED) is 0.728. The molecule has 0 bridgehead atoms. The lowest BCUT2D eigenvalue weighted by molar-refractivity contribution is 0.0599. The molecule has 4 nitrogen and oxygen atoms in total. The maximum Gasteiger partial charge on any atom is 0.338 e. The average Bonchev–Trinajstić information content (AvgIpc) is 2.21. The first kappa shape index (κ1) is 10.4. The smallest absolute Gasteiger partial charge is 0.338 e. The summed E-state index contributed by atoms with van der Waals surface area (Å²) in [6.45, 7) is 1.63. The molecule has 1 aromatic rings. The maximum absolute atomic E-state index is 11.2. The lowest BCUT2D eigenvalue weighted by Crippen LogP contribution is -2.04. The zero-order chi connectivity index (χ0) is 10.7. The van der Waals surface area contributed by atoms with Gasteiger partial charge in [0.25, 0.3) is 0 Å². The number of hydrogen-bond acceptors (Lipinski definition) is 4. The number of rotatable bonds is 2. The lowest BCUT2D eigenvalue weighted by Gasteiger charge is -2.09. The second-order valence-corrected chi connectivity index (χ2v) is 2.78. The first-order valence-corrected chi connectivity index (χ1v) is 4.06. The predicted molar refractivity (Wildman–Crippen MR) is 50.7 cm³/mol. The summed E-state index contributed by atoms with van der Waals surface area (Å²) in [5, 5.41) is 9.59. The molecule has 4 heteroatoms. The minimum absolute atomic E-state index is 0.0320. The number of hydrogen-bond donors (Lipinski definition) is 1. The molecule has 0 heterocycles. The molecule has 0 fully saturated rings. The van der Waals surface area contributed by atoms with Gasteiger partial charge in [-0.15, -0.1) is 0 Å². The minimum atomic E-state index is -0.472. The number of esters is 1. The summed E-state index contributed by atoms with van der Waals surface area (Å²) < 4.78 is 9.45. The highest BCUT2D eigenvalue weighted by atomic mass is 16.5. The lowest BCUT2D eigenvalue weighted by atomic mass is 10.1. The van der Waals surface area contributed by atoms with Gasteiger partial charge in [0.15, 0.2) is 11.5 Å². The fourth-order valence-electron chi connectivity index (χ4n) is 1.17. The molecule has 1 aromatic carbocycles. The highest BCUT2D eigenvalue weighted by Crippen LogP contribution is 2.31. The molecule has 0 unspecified atom stereocenters. The van der Waals surface area contributed by atoms with Crippen molar-refractivity contribution in [2.24, 2.45) is 0 Å². The Kier molecular flexibility index (Phi) is 2.96. The van der Waals surface area contributed by atoms with E-state index in [1.807, 2.05) is 0 Å². The first-order chi connectivity index (χ1) is 6.61. The number of benzene rings is 1. The van der Waals surface area contributed by atoms with Crippen molar-refractivity contribution in [3.8, 4) is 11.5 Å². The number of ether oxygens (including phenoxy) is 2. The predicted octanol–water partition coefficient (Wildman–Crippen LogP) is 1.50. The van der Waals surface area contributed by atoms with E-state index in [-0.39, 0.29) is 5.75 Å². The van der Waals surface area contributed by atoms with Crippen LogP contribution in [0.3, 0.4) is 0 Å². The Morgan fingerprint density at radius 3 is 2.50 bits per heavy atom. The van der Waals surface area contributed by atoms with Crippen molar-refractivity contribution in [2.45, 2.75) is 6.92 Å². The van der Waals surface area contributed by atoms with Crippen molar-refractivity contribution >= 4 is 5.97 Å². The number of methoxy groups -OCH3 is 2. The Balaban J connectivity index is 3.24. The van der Waals surface area contributed by atoms with Crippen LogP contribution in [0.25, 0.3) is 0 Å². The molecule has 0 atom stereocenters. The number of carbonyl (C=O) groups excluding carboxylic acids is 1. The number of phenolic OH excluding ortho intramolecular Hbond substituents is 1. The molecule has 0 saturated carbocycles. The number of carbonyl (C=O) groups is 1. The molecule has 76 valence electrons. The van der Waals surface area contributed by atoms with Gasteiger partial charge in [-0.25, -0.2) is 4.79 Å². The topological polar surface area (TPSA) is 55.8 Å². The van der Waals surface area contributed by atoms with Crippen LogP contribution in [0.2, 0.25) is 0 Å². The van der Waals surface area contributed by atoms with Crippen LogP contribution in [-0.4, -0.2) is 25.3 Å². The van der Waals surface area contributed by atoms with Gasteiger partial charge in [0.2, 0.25) is 0 Å². The van der Waals surface area contributed by atoms with Crippen molar-refractivity contribution in [3.05, 3.63) is 23.3 Å². The molecular formula is C10H12O4. The van der Waals surface area contributed by atoms with E-state index < -0.39 is 5.97 Å². The van der Waals surface area contributed by atoms with E-state index >= 15 is 0 Å². The first-order valence-electron chi connectivity index (χ1n) is 4.06. The van der Waals surface area contributed by atoms with Gasteiger partial charge in [-0.3, -0.25) is 0 Å². The Hall–Kier alpha value is -1.71. The summed E-state index contributed by atoms with van der Waals surface area (Å²) in [4.78, 5) is 11.2. The molecule has 0 aliphatic heterocycles. The third-order valence-electron chi connectivity index (χ3n) is 2.02. The van der Waals surface area contributed by atoms with E-state index in [0.717, 1.165) is 0 Å². The molecule has 0 aliphatic carbocycles. The second-order valence-electron chi connectivity index (χ2n) is 2.78. The van der Waals surface area contributed by atoms with Gasteiger partial charge >= 0.3 is 5.97 Å². The van der Waals surface area contributed by atoms with Crippen LogP contribution in [0, 0.1) is 6.92 Å². The van der Waals surface area contributed by atoms with Gasteiger partial charge in [0.05, 0.1) is 19.8 Å². The molecule has 1 rings (SSSR count). The third kappa shape index (κ3) is 1.64. The van der Waals surface area contributed by atoms with Gasteiger partial charge in [-0.1, -0.05) is 0 Å². The summed E-state index contributed by atoms with van der Waals surface area (Å²) in [6, 6.07) is 3.08. The molecule has 0 spiro atoms. The van der Waals surface area contributed by atoms with Gasteiger partial charge < -0.3 is 14.6 Å². The zero-order valence-corrected chi connectivity index (χ0v) is 8.33. The normalized spacial score (nSPS) is 9.64. The summed E-state index contributed by atoms with van der Waals surface area (Å²) in [6.07, 6.45) is 0. The summed E-state index contributed by atoms with van der Waals surface area (Å²) in [5.74, 6) is -0.161. The summed E-state index contributed by atoms with van der Waals surface area (Å²) in [5.41, 5.74) is 0.794. The van der Waals surface area contributed by atoms with E-state index in [1.54, 1.807) is 13.0 Å². The van der Waals surface area contributed by atoms with Crippen LogP contribution in [0.4, 0.5) is 0 Å². The van der Waals surface area contributed by atoms with Crippen molar-refractivity contribution in [3.63, 3.8) is 0 Å². The van der Waals surface area contributed by atoms with Gasteiger partial charge in [0.1, 0.15) is 0 Å². The van der Waals surface area contributed by atoms with E-state index in [9.17, 15) is 9.90 Å². The fourth-order valence-corrected chi connectivity index (χ4v) is 1.17. The van der Waals surface area contributed by atoms with Gasteiger partial charge in [0, 0.05) is 5.56 Å². The second kappa shape index (κ2) is 4.00. The van der Waals surface area contributed by atoms with Gasteiger partial charge in [-0.2, -0.15) is 0 Å². The van der Waals surface area contributed by atoms with E-state index in [4.69, 9.17) is 4.74 Å². The highest BCUT2D eigenvalue weighted by Gasteiger charge is 2.14. The molecular weight excluding hydrogens is 184 g/mol. The van der Waals surface area contributed by atoms with Crippen LogP contribution in [0.5, 0.6) is 11.5 Å². The molecule has 0 amide bonds. The maximum atomic E-state index is 11.2. The van der Waals surface area contributed by atoms with Crippen LogP contribution >= 0.6 is 0 Å². The molecule has 0 aliphatic rings. The van der Waals surface area contributed by atoms with E-state index in [0.29, 0.717) is 16.9 Å². The SMILES string of the molecule is COC(=O)c1ccc(OC)c(O)c1C. The summed E-state index contributed by atoms with van der Waals surface area (Å²) >= 11 is 0. The number of phenols is 1. The molecule has 0 aromatic heterocycles. The van der Waals surface area contributed by atoms with E-state index in [2.05, 4.69) is 4.74 Å². The zero-order valence-electron chi connectivity index (χ0n) is 8.33. The van der Waals surface area contributed by atoms with Crippen molar-refractivity contribution < 1.29 is 19.4 Å². The Labute approximate surface area is 82.1 Å². The summed E-state index contributed by atoms with van der Waals surface area (Å²) in [7, 11) is 2.75. The van der Waals surface area contributed by atoms with Crippen LogP contribution in [0.15, 0.2) is 12.1 Å².